The molecule has 0 fully saturated rings. The molecular weight excluding hydrogens is 416 g/mol. The van der Waals surface area contributed by atoms with Gasteiger partial charge in [0, 0.05) is 23.2 Å². The Morgan fingerprint density at radius 1 is 1.26 bits per heavy atom. The van der Waals surface area contributed by atoms with E-state index >= 15 is 0 Å². The Balaban J connectivity index is 1.72. The highest BCUT2D eigenvalue weighted by atomic mass is 35.5. The van der Waals surface area contributed by atoms with Crippen LogP contribution in [0, 0.1) is 6.92 Å². The molecule has 1 aliphatic heterocycles. The zero-order valence-electron chi connectivity index (χ0n) is 18.1. The molecule has 31 heavy (non-hydrogen) atoms. The van der Waals surface area contributed by atoms with Gasteiger partial charge >= 0.3 is 0 Å². The van der Waals surface area contributed by atoms with Crippen molar-refractivity contribution in [2.75, 3.05) is 29.1 Å². The van der Waals surface area contributed by atoms with Gasteiger partial charge in [-0.2, -0.15) is 0 Å². The zero-order valence-corrected chi connectivity index (χ0v) is 18.9. The molecule has 0 saturated heterocycles. The van der Waals surface area contributed by atoms with Gasteiger partial charge < -0.3 is 15.5 Å². The van der Waals surface area contributed by atoms with E-state index in [1.807, 2.05) is 32.0 Å². The molecule has 0 aliphatic carbocycles. The molecule has 7 nitrogen and oxygen atoms in total. The monoisotopic (exact) mass is 442 g/mol. The summed E-state index contributed by atoms with van der Waals surface area (Å²) in [6, 6.07) is 11.7. The van der Waals surface area contributed by atoms with Crippen molar-refractivity contribution >= 4 is 46.4 Å². The smallest absolute Gasteiger partial charge is 0.241 e. The number of para-hydroxylation sites is 2. The van der Waals surface area contributed by atoms with E-state index in [9.17, 15) is 14.4 Å². The van der Waals surface area contributed by atoms with E-state index in [2.05, 4.69) is 10.6 Å². The van der Waals surface area contributed by atoms with Crippen LogP contribution in [0.2, 0.25) is 5.02 Å². The maximum Gasteiger partial charge on any atom is 0.241 e. The highest BCUT2D eigenvalue weighted by molar-refractivity contribution is 6.31. The number of halogens is 1. The van der Waals surface area contributed by atoms with Crippen molar-refractivity contribution in [2.45, 2.75) is 39.3 Å². The summed E-state index contributed by atoms with van der Waals surface area (Å²) in [4.78, 5) is 41.5. The van der Waals surface area contributed by atoms with Crippen LogP contribution in [0.1, 0.15) is 25.8 Å². The van der Waals surface area contributed by atoms with Crippen LogP contribution in [-0.2, 0) is 14.4 Å². The molecule has 0 unspecified atom stereocenters. The van der Waals surface area contributed by atoms with E-state index in [1.165, 1.54) is 0 Å². The lowest BCUT2D eigenvalue weighted by Crippen LogP contribution is -2.48. The van der Waals surface area contributed by atoms with Gasteiger partial charge in [-0.05, 0) is 57.6 Å². The Labute approximate surface area is 187 Å². The molecule has 1 aliphatic rings. The number of amides is 3. The van der Waals surface area contributed by atoms with Crippen LogP contribution < -0.4 is 15.5 Å². The summed E-state index contributed by atoms with van der Waals surface area (Å²) < 4.78 is 0. The Morgan fingerprint density at radius 3 is 2.71 bits per heavy atom. The molecule has 2 N–H and O–H groups in total. The number of carbonyl (C=O) groups is 3. The van der Waals surface area contributed by atoms with Crippen LogP contribution in [0.4, 0.5) is 17.1 Å². The van der Waals surface area contributed by atoms with Gasteiger partial charge in [-0.3, -0.25) is 19.3 Å². The number of likely N-dealkylation sites (N-methyl/N-ethyl adjacent to an activating group) is 1. The molecule has 0 radical (unpaired) electrons. The van der Waals surface area contributed by atoms with Gasteiger partial charge in [-0.25, -0.2) is 0 Å². The fraction of sp³-hybridized carbons (Fsp3) is 0.348. The molecule has 0 spiro atoms. The predicted molar refractivity (Wildman–Crippen MR) is 124 cm³/mol. The second-order valence-electron chi connectivity index (χ2n) is 7.87. The Morgan fingerprint density at radius 2 is 1.97 bits per heavy atom. The molecule has 0 aromatic heterocycles. The highest BCUT2D eigenvalue weighted by Crippen LogP contribution is 2.31. The van der Waals surface area contributed by atoms with Crippen LogP contribution in [0.25, 0.3) is 0 Å². The lowest BCUT2D eigenvalue weighted by molar-refractivity contribution is -0.123. The number of fused-ring (bicyclic) bond motifs is 1. The maximum atomic E-state index is 13.2. The fourth-order valence-corrected chi connectivity index (χ4v) is 3.75. The second kappa shape index (κ2) is 9.49. The third-order valence-corrected chi connectivity index (χ3v) is 5.99. The van der Waals surface area contributed by atoms with Crippen molar-refractivity contribution < 1.29 is 14.4 Å². The zero-order chi connectivity index (χ0) is 22.7. The number of nitrogens with zero attached hydrogens (tertiary/aromatic N) is 2. The molecule has 1 heterocycles. The van der Waals surface area contributed by atoms with Crippen molar-refractivity contribution in [1.82, 2.24) is 4.90 Å². The molecule has 0 bridgehead atoms. The van der Waals surface area contributed by atoms with Crippen LogP contribution >= 0.6 is 11.6 Å². The first-order valence-corrected chi connectivity index (χ1v) is 10.5. The van der Waals surface area contributed by atoms with E-state index in [-0.39, 0.29) is 36.7 Å². The molecule has 2 atom stereocenters. The molecule has 2 aromatic rings. The molecule has 8 heteroatoms. The maximum absolute atomic E-state index is 13.2. The number of rotatable bonds is 5. The van der Waals surface area contributed by atoms with E-state index in [1.54, 1.807) is 48.0 Å². The Bertz CT molecular complexity index is 1010. The summed E-state index contributed by atoms with van der Waals surface area (Å²) in [6.45, 7) is 5.45. The largest absolute Gasteiger partial charge is 0.324 e. The van der Waals surface area contributed by atoms with Crippen molar-refractivity contribution in [3.63, 3.8) is 0 Å². The molecule has 3 rings (SSSR count). The summed E-state index contributed by atoms with van der Waals surface area (Å²) >= 11 is 6.13. The van der Waals surface area contributed by atoms with Crippen LogP contribution in [0.3, 0.4) is 0 Å². The fourth-order valence-electron chi connectivity index (χ4n) is 3.57. The van der Waals surface area contributed by atoms with Gasteiger partial charge in [0.15, 0.2) is 0 Å². The SMILES string of the molecule is Cc1c(Cl)cccc1NC(=O)[C@H](C)N(C)CC(=O)N1c2ccccc2NC(=O)C[C@H]1C. The molecule has 0 saturated carbocycles. The van der Waals surface area contributed by atoms with Gasteiger partial charge in [-0.1, -0.05) is 29.8 Å². The Kier molecular flexibility index (Phi) is 6.97. The van der Waals surface area contributed by atoms with Crippen molar-refractivity contribution in [3.05, 3.63) is 53.1 Å². The minimum Gasteiger partial charge on any atom is -0.324 e. The lowest BCUT2D eigenvalue weighted by atomic mass is 10.1. The van der Waals surface area contributed by atoms with Gasteiger partial charge in [0.05, 0.1) is 24.0 Å². The van der Waals surface area contributed by atoms with Crippen LogP contribution in [0.15, 0.2) is 42.5 Å². The normalized spacial score (nSPS) is 16.9. The average molecular weight is 443 g/mol. The number of benzene rings is 2. The first-order valence-electron chi connectivity index (χ1n) is 10.2. The summed E-state index contributed by atoms with van der Waals surface area (Å²) in [5.74, 6) is -0.549. The average Bonchev–Trinajstić information content (AvgIpc) is 2.84. The highest BCUT2D eigenvalue weighted by Gasteiger charge is 2.31. The third kappa shape index (κ3) is 5.06. The van der Waals surface area contributed by atoms with Gasteiger partial charge in [0.2, 0.25) is 17.7 Å². The molecule has 164 valence electrons. The first-order chi connectivity index (χ1) is 14.7. The van der Waals surface area contributed by atoms with E-state index in [0.29, 0.717) is 22.1 Å². The van der Waals surface area contributed by atoms with Crippen molar-refractivity contribution in [2.24, 2.45) is 0 Å². The minimum absolute atomic E-state index is 0.0238. The summed E-state index contributed by atoms with van der Waals surface area (Å²) in [6.07, 6.45) is 0.203. The molecular formula is C23H27ClN4O3. The number of carbonyl (C=O) groups excluding carboxylic acids is 3. The topological polar surface area (TPSA) is 81.8 Å². The number of anilines is 3. The lowest BCUT2D eigenvalue weighted by Gasteiger charge is -2.31. The van der Waals surface area contributed by atoms with Gasteiger partial charge in [-0.15, -0.1) is 0 Å². The quantitative estimate of drug-likeness (QED) is 0.740. The number of hydrogen-bond donors (Lipinski definition) is 2. The van der Waals surface area contributed by atoms with Crippen LogP contribution in [-0.4, -0.2) is 48.3 Å². The second-order valence-corrected chi connectivity index (χ2v) is 8.28. The summed E-state index contributed by atoms with van der Waals surface area (Å²) in [5.41, 5.74) is 2.69. The van der Waals surface area contributed by atoms with Gasteiger partial charge in [0.1, 0.15) is 0 Å². The third-order valence-electron chi connectivity index (χ3n) is 5.58. The number of hydrogen-bond acceptors (Lipinski definition) is 4. The van der Waals surface area contributed by atoms with E-state index in [4.69, 9.17) is 11.6 Å². The summed E-state index contributed by atoms with van der Waals surface area (Å²) in [5, 5.41) is 6.30. The molecule has 3 amide bonds. The standard InChI is InChI=1S/C23H27ClN4O3/c1-14-12-21(29)25-19-9-5-6-11-20(19)28(14)22(30)13-27(4)16(3)23(31)26-18-10-7-8-17(24)15(18)2/h5-11,14,16H,12-13H2,1-4H3,(H,25,29)(H,26,31)/t14-,16+/m1/s1. The first kappa shape index (κ1) is 22.8. The van der Waals surface area contributed by atoms with Crippen LogP contribution in [0.5, 0.6) is 0 Å². The minimum atomic E-state index is -0.556. The van der Waals surface area contributed by atoms with Crippen molar-refractivity contribution in [1.29, 1.82) is 0 Å². The van der Waals surface area contributed by atoms with Gasteiger partial charge in [0.25, 0.3) is 0 Å². The molecule has 2 aromatic carbocycles. The predicted octanol–water partition coefficient (Wildman–Crippen LogP) is 3.67. The van der Waals surface area contributed by atoms with Crippen molar-refractivity contribution in [3.8, 4) is 0 Å². The number of nitrogens with one attached hydrogen (secondary N) is 2. The van der Waals surface area contributed by atoms with E-state index < -0.39 is 6.04 Å². The van der Waals surface area contributed by atoms with E-state index in [0.717, 1.165) is 5.56 Å². The summed E-state index contributed by atoms with van der Waals surface area (Å²) in [7, 11) is 1.73. The Hall–Kier alpha value is -2.90.